The molecule has 0 aliphatic carbocycles. The third-order valence-corrected chi connectivity index (χ3v) is 4.41. The second-order valence-electron chi connectivity index (χ2n) is 6.19. The van der Waals surface area contributed by atoms with Gasteiger partial charge in [-0.15, -0.1) is 0 Å². The van der Waals surface area contributed by atoms with E-state index in [2.05, 4.69) is 21.2 Å². The van der Waals surface area contributed by atoms with Crippen molar-refractivity contribution < 1.29 is 18.7 Å². The lowest BCUT2D eigenvalue weighted by Crippen LogP contribution is -2.48. The molecule has 1 aliphatic heterocycles. The third-order valence-electron chi connectivity index (χ3n) is 3.92. The molecule has 0 radical (unpaired) electrons. The summed E-state index contributed by atoms with van der Waals surface area (Å²) >= 11 is 3.16. The van der Waals surface area contributed by atoms with Crippen LogP contribution in [0.3, 0.4) is 0 Å². The lowest BCUT2D eigenvalue weighted by atomic mass is 10.0. The number of hydrogen-bond acceptors (Lipinski definition) is 3. The zero-order chi connectivity index (χ0) is 17.7. The van der Waals surface area contributed by atoms with Crippen molar-refractivity contribution in [3.8, 4) is 5.75 Å². The Balaban J connectivity index is 1.75. The molecule has 0 saturated carbocycles. The van der Waals surface area contributed by atoms with E-state index >= 15 is 0 Å². The van der Waals surface area contributed by atoms with Crippen molar-refractivity contribution >= 4 is 27.7 Å². The number of hydrogen-bond donors (Lipinski definition) is 1. The summed E-state index contributed by atoms with van der Waals surface area (Å²) in [6.07, 6.45) is 1.44. The molecule has 5 nitrogen and oxygen atoms in total. The summed E-state index contributed by atoms with van der Waals surface area (Å²) in [5.41, 5.74) is 0. The predicted molar refractivity (Wildman–Crippen MR) is 92.2 cm³/mol. The maximum atomic E-state index is 13.6. The van der Waals surface area contributed by atoms with Crippen LogP contribution in [0.25, 0.3) is 0 Å². The van der Waals surface area contributed by atoms with Crippen LogP contribution < -0.4 is 10.1 Å². The van der Waals surface area contributed by atoms with Gasteiger partial charge in [0.15, 0.2) is 18.2 Å². The zero-order valence-corrected chi connectivity index (χ0v) is 15.4. The maximum absolute atomic E-state index is 13.6. The molecule has 0 atom stereocenters. The highest BCUT2D eigenvalue weighted by atomic mass is 79.9. The molecule has 1 heterocycles. The van der Waals surface area contributed by atoms with E-state index in [4.69, 9.17) is 4.74 Å². The van der Waals surface area contributed by atoms with Crippen LogP contribution in [0.15, 0.2) is 22.7 Å². The SMILES string of the molecule is CC(C)C(=O)N1CCC(NC(=O)COc2ccc(Br)cc2F)CC1. The lowest BCUT2D eigenvalue weighted by Gasteiger charge is -2.33. The molecule has 7 heteroatoms. The van der Waals surface area contributed by atoms with Crippen LogP contribution in [-0.4, -0.2) is 42.5 Å². The zero-order valence-electron chi connectivity index (χ0n) is 13.9. The number of piperidine rings is 1. The van der Waals surface area contributed by atoms with E-state index in [0.29, 0.717) is 17.6 Å². The third kappa shape index (κ3) is 5.19. The minimum atomic E-state index is -0.516. The van der Waals surface area contributed by atoms with E-state index in [1.165, 1.54) is 12.1 Å². The molecule has 1 saturated heterocycles. The first-order chi connectivity index (χ1) is 11.4. The van der Waals surface area contributed by atoms with Gasteiger partial charge in [0.1, 0.15) is 0 Å². The van der Waals surface area contributed by atoms with Crippen molar-refractivity contribution in [2.24, 2.45) is 5.92 Å². The average molecular weight is 401 g/mol. The Bertz CT molecular complexity index is 601. The molecule has 2 amide bonds. The van der Waals surface area contributed by atoms with Crippen molar-refractivity contribution in [3.63, 3.8) is 0 Å². The molecule has 24 heavy (non-hydrogen) atoms. The molecule has 0 bridgehead atoms. The van der Waals surface area contributed by atoms with Gasteiger partial charge in [-0.25, -0.2) is 4.39 Å². The minimum absolute atomic E-state index is 0.00894. The smallest absolute Gasteiger partial charge is 0.258 e. The number of benzene rings is 1. The Labute approximate surface area is 149 Å². The molecule has 1 N–H and O–H groups in total. The summed E-state index contributed by atoms with van der Waals surface area (Å²) in [7, 11) is 0. The van der Waals surface area contributed by atoms with Crippen LogP contribution in [0.1, 0.15) is 26.7 Å². The lowest BCUT2D eigenvalue weighted by molar-refractivity contribution is -0.135. The van der Waals surface area contributed by atoms with Crippen molar-refractivity contribution in [2.75, 3.05) is 19.7 Å². The van der Waals surface area contributed by atoms with Crippen molar-refractivity contribution in [1.29, 1.82) is 0 Å². The fourth-order valence-corrected chi connectivity index (χ4v) is 2.95. The molecular weight excluding hydrogens is 379 g/mol. The van der Waals surface area contributed by atoms with Crippen molar-refractivity contribution in [2.45, 2.75) is 32.7 Å². The number of carbonyl (C=O) groups is 2. The van der Waals surface area contributed by atoms with E-state index in [-0.39, 0.29) is 36.1 Å². The summed E-state index contributed by atoms with van der Waals surface area (Å²) in [5, 5.41) is 2.88. The Kier molecular flexibility index (Phi) is 6.60. The van der Waals surface area contributed by atoms with Gasteiger partial charge in [0, 0.05) is 29.5 Å². The van der Waals surface area contributed by atoms with Gasteiger partial charge in [-0.1, -0.05) is 29.8 Å². The number of rotatable bonds is 5. The highest BCUT2D eigenvalue weighted by molar-refractivity contribution is 9.10. The number of nitrogens with one attached hydrogen (secondary N) is 1. The summed E-state index contributed by atoms with van der Waals surface area (Å²) in [6, 6.07) is 4.43. The van der Waals surface area contributed by atoms with Gasteiger partial charge < -0.3 is 15.0 Å². The average Bonchev–Trinajstić information content (AvgIpc) is 2.54. The number of carbonyl (C=O) groups excluding carboxylic acids is 2. The van der Waals surface area contributed by atoms with Crippen LogP contribution in [-0.2, 0) is 9.59 Å². The Morgan fingerprint density at radius 2 is 2.04 bits per heavy atom. The fraction of sp³-hybridized carbons (Fsp3) is 0.529. The Hall–Kier alpha value is -1.63. The highest BCUT2D eigenvalue weighted by Crippen LogP contribution is 2.21. The van der Waals surface area contributed by atoms with Gasteiger partial charge in [0.2, 0.25) is 5.91 Å². The van der Waals surface area contributed by atoms with E-state index in [1.807, 2.05) is 18.7 Å². The number of amides is 2. The van der Waals surface area contributed by atoms with E-state index in [1.54, 1.807) is 6.07 Å². The quantitative estimate of drug-likeness (QED) is 0.826. The topological polar surface area (TPSA) is 58.6 Å². The summed E-state index contributed by atoms with van der Waals surface area (Å²) in [6.45, 7) is 4.82. The van der Waals surface area contributed by atoms with E-state index < -0.39 is 5.82 Å². The van der Waals surface area contributed by atoms with Gasteiger partial charge >= 0.3 is 0 Å². The largest absolute Gasteiger partial charge is 0.481 e. The molecule has 0 spiro atoms. The first-order valence-electron chi connectivity index (χ1n) is 8.03. The van der Waals surface area contributed by atoms with E-state index in [9.17, 15) is 14.0 Å². The second-order valence-corrected chi connectivity index (χ2v) is 7.10. The van der Waals surface area contributed by atoms with Gasteiger partial charge in [0.05, 0.1) is 0 Å². The molecule has 132 valence electrons. The van der Waals surface area contributed by atoms with Gasteiger partial charge in [-0.05, 0) is 31.0 Å². The van der Waals surface area contributed by atoms with Crippen LogP contribution in [0.4, 0.5) is 4.39 Å². The monoisotopic (exact) mass is 400 g/mol. The second kappa shape index (κ2) is 8.46. The molecule has 1 aromatic rings. The van der Waals surface area contributed by atoms with E-state index in [0.717, 1.165) is 12.8 Å². The van der Waals surface area contributed by atoms with Gasteiger partial charge in [-0.2, -0.15) is 0 Å². The maximum Gasteiger partial charge on any atom is 0.258 e. The van der Waals surface area contributed by atoms with Crippen molar-refractivity contribution in [1.82, 2.24) is 10.2 Å². The number of ether oxygens (including phenoxy) is 1. The van der Waals surface area contributed by atoms with Crippen LogP contribution in [0.2, 0.25) is 0 Å². The molecule has 0 unspecified atom stereocenters. The normalized spacial score (nSPS) is 15.5. The highest BCUT2D eigenvalue weighted by Gasteiger charge is 2.25. The van der Waals surface area contributed by atoms with Crippen LogP contribution in [0.5, 0.6) is 5.75 Å². The van der Waals surface area contributed by atoms with Crippen LogP contribution in [0, 0.1) is 11.7 Å². The molecule has 1 fully saturated rings. The summed E-state index contributed by atoms with van der Waals surface area (Å²) in [5.74, 6) is -0.617. The van der Waals surface area contributed by atoms with Crippen molar-refractivity contribution in [3.05, 3.63) is 28.5 Å². The van der Waals surface area contributed by atoms with Gasteiger partial charge in [0.25, 0.3) is 5.91 Å². The Morgan fingerprint density at radius 3 is 2.62 bits per heavy atom. The molecule has 1 aromatic carbocycles. The minimum Gasteiger partial charge on any atom is -0.481 e. The first-order valence-corrected chi connectivity index (χ1v) is 8.82. The van der Waals surface area contributed by atoms with Crippen LogP contribution >= 0.6 is 15.9 Å². The number of nitrogens with zero attached hydrogens (tertiary/aromatic N) is 1. The van der Waals surface area contributed by atoms with Gasteiger partial charge in [-0.3, -0.25) is 9.59 Å². The fourth-order valence-electron chi connectivity index (χ4n) is 2.61. The molecule has 1 aliphatic rings. The first kappa shape index (κ1) is 18.7. The standard InChI is InChI=1S/C17H22BrFN2O3/c1-11(2)17(23)21-7-5-13(6-8-21)20-16(22)10-24-15-4-3-12(18)9-14(15)19/h3-4,9,11,13H,5-8,10H2,1-2H3,(H,20,22). The Morgan fingerprint density at radius 1 is 1.38 bits per heavy atom. The predicted octanol–water partition coefficient (Wildman–Crippen LogP) is 2.73. The molecule has 0 aromatic heterocycles. The summed E-state index contributed by atoms with van der Waals surface area (Å²) < 4.78 is 19.4. The molecule has 2 rings (SSSR count). The number of halogens is 2. The summed E-state index contributed by atoms with van der Waals surface area (Å²) in [4.78, 5) is 25.7. The number of likely N-dealkylation sites (tertiary alicyclic amines) is 1. The molecular formula is C17H22BrFN2O3.